The van der Waals surface area contributed by atoms with Crippen LogP contribution in [-0.2, 0) is 0 Å². The molecule has 1 rings (SSSR count). The molecule has 5 nitrogen and oxygen atoms in total. The number of hydrogen-bond acceptors (Lipinski definition) is 4. The third-order valence-corrected chi connectivity index (χ3v) is 1.68. The zero-order chi connectivity index (χ0) is 10.6. The standard InChI is InChI=1S/C9H12N2O3/c1-3-13-8-5-4-7(6(2)12)9(11-8)14-10/h4-5H,3,10H2,1-2H3/p+1. The lowest BCUT2D eigenvalue weighted by Gasteiger charge is -2.00. The number of H-pyrrole nitrogens is 1. The molecule has 0 atom stereocenters. The second-order valence-electron chi connectivity index (χ2n) is 2.67. The fourth-order valence-corrected chi connectivity index (χ4v) is 1.07. The fraction of sp³-hybridized carbons (Fsp3) is 0.333. The summed E-state index contributed by atoms with van der Waals surface area (Å²) in [7, 11) is 0. The summed E-state index contributed by atoms with van der Waals surface area (Å²) in [5.74, 6) is 5.62. The Hall–Kier alpha value is -1.62. The fourth-order valence-electron chi connectivity index (χ4n) is 1.07. The minimum absolute atomic E-state index is 0.121. The van der Waals surface area contributed by atoms with Gasteiger partial charge in [-0.3, -0.25) is 4.79 Å². The van der Waals surface area contributed by atoms with Gasteiger partial charge in [0, 0.05) is 0 Å². The first-order valence-corrected chi connectivity index (χ1v) is 4.25. The summed E-state index contributed by atoms with van der Waals surface area (Å²) in [6, 6.07) is 3.26. The van der Waals surface area contributed by atoms with Gasteiger partial charge >= 0.3 is 11.8 Å². The highest BCUT2D eigenvalue weighted by Gasteiger charge is 2.17. The maximum Gasteiger partial charge on any atom is 0.399 e. The predicted molar refractivity (Wildman–Crippen MR) is 49.0 cm³/mol. The number of carbonyl (C=O) groups excluding carboxylic acids is 1. The van der Waals surface area contributed by atoms with Crippen LogP contribution < -0.4 is 20.5 Å². The summed E-state index contributed by atoms with van der Waals surface area (Å²) in [4.78, 5) is 18.4. The van der Waals surface area contributed by atoms with E-state index in [0.717, 1.165) is 0 Å². The summed E-state index contributed by atoms with van der Waals surface area (Å²) in [6.07, 6.45) is 0. The minimum Gasteiger partial charge on any atom is -0.445 e. The highest BCUT2D eigenvalue weighted by atomic mass is 16.6. The third kappa shape index (κ3) is 2.20. The summed E-state index contributed by atoms with van der Waals surface area (Å²) in [5.41, 5.74) is 0.399. The molecule has 0 amide bonds. The van der Waals surface area contributed by atoms with Crippen LogP contribution in [0.25, 0.3) is 0 Å². The highest BCUT2D eigenvalue weighted by Crippen LogP contribution is 2.14. The zero-order valence-electron chi connectivity index (χ0n) is 8.16. The van der Waals surface area contributed by atoms with Crippen molar-refractivity contribution in [2.75, 3.05) is 6.61 Å². The Morgan fingerprint density at radius 2 is 2.29 bits per heavy atom. The van der Waals surface area contributed by atoms with Crippen molar-refractivity contribution in [1.29, 1.82) is 0 Å². The van der Waals surface area contributed by atoms with Gasteiger partial charge in [-0.2, -0.15) is 5.90 Å². The Morgan fingerprint density at radius 1 is 1.57 bits per heavy atom. The maximum atomic E-state index is 11.1. The van der Waals surface area contributed by atoms with Gasteiger partial charge in [-0.1, -0.05) is 0 Å². The molecule has 0 aromatic carbocycles. The zero-order valence-corrected chi connectivity index (χ0v) is 8.16. The molecular weight excluding hydrogens is 184 g/mol. The molecule has 0 bridgehead atoms. The molecule has 0 saturated heterocycles. The molecule has 14 heavy (non-hydrogen) atoms. The van der Waals surface area contributed by atoms with Crippen LogP contribution in [0.3, 0.4) is 0 Å². The Morgan fingerprint density at radius 3 is 2.79 bits per heavy atom. The number of ether oxygens (including phenoxy) is 1. The van der Waals surface area contributed by atoms with E-state index >= 15 is 0 Å². The van der Waals surface area contributed by atoms with Crippen molar-refractivity contribution in [2.45, 2.75) is 13.8 Å². The van der Waals surface area contributed by atoms with E-state index in [1.54, 1.807) is 12.1 Å². The normalized spacial score (nSPS) is 9.64. The maximum absolute atomic E-state index is 11.1. The molecule has 1 aromatic rings. The van der Waals surface area contributed by atoms with Crippen LogP contribution in [-0.4, -0.2) is 12.4 Å². The van der Waals surface area contributed by atoms with Crippen LogP contribution in [0.2, 0.25) is 0 Å². The molecule has 0 aliphatic heterocycles. The number of nitrogens with one attached hydrogen (secondary N) is 1. The summed E-state index contributed by atoms with van der Waals surface area (Å²) < 4.78 is 5.18. The van der Waals surface area contributed by atoms with E-state index in [9.17, 15) is 4.79 Å². The average Bonchev–Trinajstić information content (AvgIpc) is 2.17. The van der Waals surface area contributed by atoms with Gasteiger partial charge in [-0.15, -0.1) is 4.98 Å². The molecule has 0 aliphatic carbocycles. The molecule has 76 valence electrons. The number of ketones is 1. The molecular formula is C9H13N2O3+. The van der Waals surface area contributed by atoms with Crippen molar-refractivity contribution in [2.24, 2.45) is 5.90 Å². The van der Waals surface area contributed by atoms with Crippen LogP contribution >= 0.6 is 0 Å². The van der Waals surface area contributed by atoms with E-state index in [1.807, 2.05) is 6.92 Å². The molecule has 0 fully saturated rings. The number of carbonyl (C=O) groups is 1. The Labute approximate surface area is 81.8 Å². The monoisotopic (exact) mass is 197 g/mol. The van der Waals surface area contributed by atoms with Gasteiger partial charge in [0.15, 0.2) is 5.78 Å². The smallest absolute Gasteiger partial charge is 0.399 e. The number of nitrogens with two attached hydrogens (primary N) is 1. The number of Topliss-reactive ketones (excluding diaryl/α,β-unsaturated/α-hetero) is 1. The summed E-state index contributed by atoms with van der Waals surface area (Å²) in [6.45, 7) is 3.82. The van der Waals surface area contributed by atoms with E-state index in [-0.39, 0.29) is 11.7 Å². The lowest BCUT2D eigenvalue weighted by Crippen LogP contribution is -2.20. The van der Waals surface area contributed by atoms with E-state index in [0.29, 0.717) is 18.1 Å². The number of aromatic nitrogens is 1. The highest BCUT2D eigenvalue weighted by molar-refractivity contribution is 5.95. The number of rotatable bonds is 4. The van der Waals surface area contributed by atoms with E-state index in [2.05, 4.69) is 9.82 Å². The van der Waals surface area contributed by atoms with Crippen molar-refractivity contribution in [3.8, 4) is 11.8 Å². The Kier molecular flexibility index (Phi) is 3.41. The van der Waals surface area contributed by atoms with Crippen molar-refractivity contribution in [3.05, 3.63) is 17.7 Å². The van der Waals surface area contributed by atoms with E-state index < -0.39 is 0 Å². The Bertz CT molecular complexity index is 339. The van der Waals surface area contributed by atoms with Crippen molar-refractivity contribution in [1.82, 2.24) is 0 Å². The van der Waals surface area contributed by atoms with Crippen LogP contribution in [0.15, 0.2) is 12.1 Å². The molecule has 0 radical (unpaired) electrons. The first-order valence-electron chi connectivity index (χ1n) is 4.25. The molecule has 1 aromatic heterocycles. The van der Waals surface area contributed by atoms with Gasteiger partial charge in [-0.05, 0) is 19.9 Å². The lowest BCUT2D eigenvalue weighted by molar-refractivity contribution is -0.409. The summed E-state index contributed by atoms with van der Waals surface area (Å²) >= 11 is 0. The van der Waals surface area contributed by atoms with Crippen molar-refractivity contribution in [3.63, 3.8) is 0 Å². The molecule has 0 aliphatic rings. The second-order valence-corrected chi connectivity index (χ2v) is 2.67. The molecule has 3 N–H and O–H groups in total. The van der Waals surface area contributed by atoms with Crippen LogP contribution in [0.4, 0.5) is 0 Å². The first kappa shape index (κ1) is 10.5. The van der Waals surface area contributed by atoms with Gasteiger partial charge in [-0.25, -0.2) is 0 Å². The van der Waals surface area contributed by atoms with Gasteiger partial charge in [0.25, 0.3) is 0 Å². The first-order chi connectivity index (χ1) is 6.69. The van der Waals surface area contributed by atoms with Gasteiger partial charge in [0.2, 0.25) is 0 Å². The van der Waals surface area contributed by atoms with E-state index in [4.69, 9.17) is 10.6 Å². The van der Waals surface area contributed by atoms with Gasteiger partial charge in [0.05, 0.1) is 12.7 Å². The number of pyridine rings is 1. The van der Waals surface area contributed by atoms with Crippen molar-refractivity contribution >= 4 is 5.78 Å². The lowest BCUT2D eigenvalue weighted by atomic mass is 10.2. The van der Waals surface area contributed by atoms with Crippen LogP contribution in [0.1, 0.15) is 24.2 Å². The van der Waals surface area contributed by atoms with Gasteiger partial charge < -0.3 is 9.57 Å². The molecule has 1 heterocycles. The van der Waals surface area contributed by atoms with Crippen LogP contribution in [0.5, 0.6) is 11.8 Å². The van der Waals surface area contributed by atoms with Crippen molar-refractivity contribution < 1.29 is 19.4 Å². The second kappa shape index (κ2) is 4.57. The number of aromatic amines is 1. The van der Waals surface area contributed by atoms with E-state index in [1.165, 1.54) is 6.92 Å². The topological polar surface area (TPSA) is 75.7 Å². The molecule has 0 saturated carbocycles. The summed E-state index contributed by atoms with van der Waals surface area (Å²) in [5, 5.41) is 0. The predicted octanol–water partition coefficient (Wildman–Crippen LogP) is 0.354. The SMILES string of the molecule is CCOc1ccc(C(C)=O)c(ON)[nH+]1. The molecule has 5 heteroatoms. The largest absolute Gasteiger partial charge is 0.445 e. The quantitative estimate of drug-likeness (QED) is 0.558. The molecule has 0 spiro atoms. The molecule has 0 unspecified atom stereocenters. The number of hydrogen-bond donors (Lipinski definition) is 1. The third-order valence-electron chi connectivity index (χ3n) is 1.68. The minimum atomic E-state index is -0.121. The van der Waals surface area contributed by atoms with Crippen LogP contribution in [0, 0.1) is 0 Å². The Balaban J connectivity index is 3.05. The van der Waals surface area contributed by atoms with Gasteiger partial charge in [0.1, 0.15) is 5.56 Å². The average molecular weight is 197 g/mol.